The molecular formula is C16H25NO2. The summed E-state index contributed by atoms with van der Waals surface area (Å²) in [4.78, 5) is 12.4. The third-order valence-electron chi connectivity index (χ3n) is 3.34. The molecular weight excluding hydrogens is 238 g/mol. The molecule has 3 nitrogen and oxygen atoms in total. The van der Waals surface area contributed by atoms with Gasteiger partial charge in [-0.3, -0.25) is 4.79 Å². The van der Waals surface area contributed by atoms with Crippen LogP contribution in [0.4, 0.5) is 0 Å². The number of aryl methyl sites for hydroxylation is 1. The Morgan fingerprint density at radius 1 is 1.32 bits per heavy atom. The highest BCUT2D eigenvalue weighted by Gasteiger charge is 2.26. The Hall–Kier alpha value is -1.35. The first-order valence-corrected chi connectivity index (χ1v) is 6.63. The number of rotatable bonds is 4. The largest absolute Gasteiger partial charge is 0.496 e. The first kappa shape index (κ1) is 15.7. The smallest absolute Gasteiger partial charge is 0.183 e. The molecule has 0 aliphatic heterocycles. The van der Waals surface area contributed by atoms with Gasteiger partial charge in [0.05, 0.1) is 18.7 Å². The summed E-state index contributed by atoms with van der Waals surface area (Å²) in [6.45, 7) is 10.2. The van der Waals surface area contributed by atoms with Crippen molar-refractivity contribution in [3.63, 3.8) is 0 Å². The molecule has 1 aromatic rings. The SMILES string of the molecule is CNC(C)C(=O)c1cc(C)cc(C(C)(C)C)c1OC. The molecule has 1 N–H and O–H groups in total. The van der Waals surface area contributed by atoms with Crippen LogP contribution in [-0.4, -0.2) is 26.0 Å². The summed E-state index contributed by atoms with van der Waals surface area (Å²) in [5.74, 6) is 0.763. The van der Waals surface area contributed by atoms with E-state index in [9.17, 15) is 4.79 Å². The lowest BCUT2D eigenvalue weighted by Crippen LogP contribution is -2.31. The summed E-state index contributed by atoms with van der Waals surface area (Å²) >= 11 is 0. The first-order chi connectivity index (χ1) is 8.72. The molecule has 0 spiro atoms. The molecule has 0 bridgehead atoms. The predicted molar refractivity (Wildman–Crippen MR) is 79.3 cm³/mol. The van der Waals surface area contributed by atoms with Crippen molar-refractivity contribution >= 4 is 5.78 Å². The van der Waals surface area contributed by atoms with E-state index in [1.807, 2.05) is 19.9 Å². The van der Waals surface area contributed by atoms with Gasteiger partial charge >= 0.3 is 0 Å². The number of benzene rings is 1. The molecule has 0 aliphatic carbocycles. The van der Waals surface area contributed by atoms with E-state index in [0.717, 1.165) is 11.1 Å². The monoisotopic (exact) mass is 263 g/mol. The van der Waals surface area contributed by atoms with Gasteiger partial charge in [0.15, 0.2) is 5.78 Å². The number of carbonyl (C=O) groups excluding carboxylic acids is 1. The standard InChI is InChI=1S/C16H25NO2/c1-10-8-12(14(18)11(2)17-6)15(19-7)13(9-10)16(3,4)5/h8-9,11,17H,1-7H3. The van der Waals surface area contributed by atoms with Crippen LogP contribution < -0.4 is 10.1 Å². The number of Topliss-reactive ketones (excluding diaryl/α,β-unsaturated/α-hetero) is 1. The van der Waals surface area contributed by atoms with Crippen LogP contribution in [0.25, 0.3) is 0 Å². The van der Waals surface area contributed by atoms with Crippen molar-refractivity contribution in [1.82, 2.24) is 5.32 Å². The number of methoxy groups -OCH3 is 1. The van der Waals surface area contributed by atoms with Crippen molar-refractivity contribution < 1.29 is 9.53 Å². The lowest BCUT2D eigenvalue weighted by atomic mass is 9.83. The molecule has 1 aromatic carbocycles. The molecule has 1 unspecified atom stereocenters. The topological polar surface area (TPSA) is 38.3 Å². The van der Waals surface area contributed by atoms with E-state index >= 15 is 0 Å². The van der Waals surface area contributed by atoms with Gasteiger partial charge in [-0.25, -0.2) is 0 Å². The second-order valence-electron chi connectivity index (χ2n) is 6.02. The van der Waals surface area contributed by atoms with Crippen LogP contribution in [0.3, 0.4) is 0 Å². The molecule has 0 saturated heterocycles. The van der Waals surface area contributed by atoms with Gasteiger partial charge in [-0.1, -0.05) is 26.8 Å². The zero-order chi connectivity index (χ0) is 14.8. The van der Waals surface area contributed by atoms with Crippen molar-refractivity contribution in [1.29, 1.82) is 0 Å². The Balaban J connectivity index is 3.48. The quantitative estimate of drug-likeness (QED) is 0.848. The molecule has 0 heterocycles. The van der Waals surface area contributed by atoms with Gasteiger partial charge < -0.3 is 10.1 Å². The maximum atomic E-state index is 12.4. The molecule has 0 aliphatic rings. The molecule has 1 rings (SSSR count). The molecule has 1 atom stereocenters. The van der Waals surface area contributed by atoms with E-state index in [4.69, 9.17) is 4.74 Å². The Labute approximate surface area is 116 Å². The number of hydrogen-bond donors (Lipinski definition) is 1. The van der Waals surface area contributed by atoms with E-state index in [-0.39, 0.29) is 17.2 Å². The molecule has 3 heteroatoms. The van der Waals surface area contributed by atoms with Crippen molar-refractivity contribution in [3.05, 3.63) is 28.8 Å². The van der Waals surface area contributed by atoms with E-state index < -0.39 is 0 Å². The average Bonchev–Trinajstić information content (AvgIpc) is 2.34. The van der Waals surface area contributed by atoms with Crippen LogP contribution in [0, 0.1) is 6.92 Å². The van der Waals surface area contributed by atoms with Gasteiger partial charge in [0, 0.05) is 5.56 Å². The number of nitrogens with one attached hydrogen (secondary N) is 1. The molecule has 0 saturated carbocycles. The molecule has 0 aromatic heterocycles. The number of hydrogen-bond acceptors (Lipinski definition) is 3. The number of likely N-dealkylation sites (N-methyl/N-ethyl adjacent to an activating group) is 1. The van der Waals surface area contributed by atoms with Crippen LogP contribution >= 0.6 is 0 Å². The number of ketones is 1. The lowest BCUT2D eigenvalue weighted by molar-refractivity contribution is 0.0951. The van der Waals surface area contributed by atoms with Crippen LogP contribution in [0.1, 0.15) is 49.2 Å². The maximum absolute atomic E-state index is 12.4. The second kappa shape index (κ2) is 5.74. The Morgan fingerprint density at radius 3 is 2.32 bits per heavy atom. The van der Waals surface area contributed by atoms with Crippen molar-refractivity contribution in [2.75, 3.05) is 14.2 Å². The van der Waals surface area contributed by atoms with Crippen LogP contribution in [0.15, 0.2) is 12.1 Å². The van der Waals surface area contributed by atoms with E-state index in [1.165, 1.54) is 0 Å². The summed E-state index contributed by atoms with van der Waals surface area (Å²) in [5.41, 5.74) is 2.75. The molecule has 0 radical (unpaired) electrons. The second-order valence-corrected chi connectivity index (χ2v) is 6.02. The molecule has 106 valence electrons. The summed E-state index contributed by atoms with van der Waals surface area (Å²) in [6.07, 6.45) is 0. The zero-order valence-electron chi connectivity index (χ0n) is 13.0. The minimum absolute atomic E-state index is 0.0602. The Morgan fingerprint density at radius 2 is 1.89 bits per heavy atom. The normalized spacial score (nSPS) is 13.2. The summed E-state index contributed by atoms with van der Waals surface area (Å²) in [6, 6.07) is 3.78. The van der Waals surface area contributed by atoms with Gasteiger partial charge in [0.1, 0.15) is 5.75 Å². The maximum Gasteiger partial charge on any atom is 0.183 e. The molecule has 19 heavy (non-hydrogen) atoms. The molecule has 0 amide bonds. The third kappa shape index (κ3) is 3.35. The van der Waals surface area contributed by atoms with E-state index in [1.54, 1.807) is 14.2 Å². The van der Waals surface area contributed by atoms with Crippen molar-refractivity contribution in [2.45, 2.75) is 46.1 Å². The summed E-state index contributed by atoms with van der Waals surface area (Å²) in [7, 11) is 3.41. The zero-order valence-corrected chi connectivity index (χ0v) is 13.0. The predicted octanol–water partition coefficient (Wildman–Crippen LogP) is 3.09. The van der Waals surface area contributed by atoms with Crippen molar-refractivity contribution in [3.8, 4) is 5.75 Å². The van der Waals surface area contributed by atoms with E-state index in [0.29, 0.717) is 11.3 Å². The van der Waals surface area contributed by atoms with Gasteiger partial charge in [0.2, 0.25) is 0 Å². The minimum atomic E-state index is -0.219. The van der Waals surface area contributed by atoms with Gasteiger partial charge in [0.25, 0.3) is 0 Å². The van der Waals surface area contributed by atoms with Crippen molar-refractivity contribution in [2.24, 2.45) is 0 Å². The average molecular weight is 263 g/mol. The summed E-state index contributed by atoms with van der Waals surface area (Å²) < 4.78 is 5.53. The first-order valence-electron chi connectivity index (χ1n) is 6.63. The van der Waals surface area contributed by atoms with Crippen LogP contribution in [0.5, 0.6) is 5.75 Å². The summed E-state index contributed by atoms with van der Waals surface area (Å²) in [5, 5.41) is 2.99. The highest BCUT2D eigenvalue weighted by Crippen LogP contribution is 2.35. The fourth-order valence-electron chi connectivity index (χ4n) is 2.10. The number of carbonyl (C=O) groups is 1. The van der Waals surface area contributed by atoms with Gasteiger partial charge in [-0.2, -0.15) is 0 Å². The third-order valence-corrected chi connectivity index (χ3v) is 3.34. The Kier molecular flexibility index (Phi) is 4.75. The highest BCUT2D eigenvalue weighted by molar-refractivity contribution is 6.02. The molecule has 0 fully saturated rings. The number of ether oxygens (including phenoxy) is 1. The van der Waals surface area contributed by atoms with Gasteiger partial charge in [-0.05, 0) is 37.9 Å². The van der Waals surface area contributed by atoms with E-state index in [2.05, 4.69) is 32.2 Å². The minimum Gasteiger partial charge on any atom is -0.496 e. The Bertz CT molecular complexity index is 472. The van der Waals surface area contributed by atoms with Crippen LogP contribution in [0.2, 0.25) is 0 Å². The fourth-order valence-corrected chi connectivity index (χ4v) is 2.10. The van der Waals surface area contributed by atoms with Crippen LogP contribution in [-0.2, 0) is 5.41 Å². The lowest BCUT2D eigenvalue weighted by Gasteiger charge is -2.25. The fraction of sp³-hybridized carbons (Fsp3) is 0.562. The highest BCUT2D eigenvalue weighted by atomic mass is 16.5. The van der Waals surface area contributed by atoms with Gasteiger partial charge in [-0.15, -0.1) is 0 Å².